The summed E-state index contributed by atoms with van der Waals surface area (Å²) in [4.78, 5) is 24.9. The van der Waals surface area contributed by atoms with Crippen LogP contribution in [0, 0.1) is 10.1 Å². The Balaban J connectivity index is 1.69. The number of nitro groups is 1. The van der Waals surface area contributed by atoms with Crippen LogP contribution in [-0.4, -0.2) is 26.7 Å². The quantitative estimate of drug-likeness (QED) is 0.537. The summed E-state index contributed by atoms with van der Waals surface area (Å²) in [6.07, 6.45) is 5.48. The van der Waals surface area contributed by atoms with Crippen molar-refractivity contribution in [3.8, 4) is 0 Å². The number of carbonyl (C=O) groups excluding carboxylic acids is 1. The Morgan fingerprint density at radius 3 is 2.64 bits per heavy atom. The summed E-state index contributed by atoms with van der Waals surface area (Å²) in [6, 6.07) is 8.38. The minimum Gasteiger partial charge on any atom is -0.382 e. The second kappa shape index (κ2) is 6.34. The third kappa shape index (κ3) is 2.51. The molecule has 0 bridgehead atoms. The summed E-state index contributed by atoms with van der Waals surface area (Å²) >= 11 is 0. The van der Waals surface area contributed by atoms with Crippen molar-refractivity contribution < 1.29 is 13.9 Å². The second-order valence-electron chi connectivity index (χ2n) is 7.35. The van der Waals surface area contributed by atoms with E-state index in [4.69, 9.17) is 0 Å². The molecule has 3 aliphatic rings. The Morgan fingerprint density at radius 1 is 1.11 bits per heavy atom. The Kier molecular flexibility index (Phi) is 3.90. The zero-order valence-electron chi connectivity index (χ0n) is 14.9. The molecule has 0 radical (unpaired) electrons. The lowest BCUT2D eigenvalue weighted by molar-refractivity contribution is -0.385. The van der Waals surface area contributed by atoms with Crippen molar-refractivity contribution in [2.24, 2.45) is 4.40 Å². The highest BCUT2D eigenvalue weighted by Gasteiger charge is 2.40. The molecule has 28 heavy (non-hydrogen) atoms. The van der Waals surface area contributed by atoms with Crippen LogP contribution in [0.15, 0.2) is 39.6 Å². The molecule has 0 aromatic heterocycles. The molecular formula is C20H17N3O4S. The van der Waals surface area contributed by atoms with Gasteiger partial charge in [0.2, 0.25) is 0 Å². The lowest BCUT2D eigenvalue weighted by Gasteiger charge is -2.25. The van der Waals surface area contributed by atoms with Crippen molar-refractivity contribution >= 4 is 33.9 Å². The molecule has 1 aliphatic heterocycles. The van der Waals surface area contributed by atoms with Gasteiger partial charge in [0, 0.05) is 34.5 Å². The molecule has 1 unspecified atom stereocenters. The van der Waals surface area contributed by atoms with E-state index >= 15 is 0 Å². The zero-order valence-corrected chi connectivity index (χ0v) is 15.8. The number of rotatable bonds is 3. The molecule has 7 nitrogen and oxygen atoms in total. The van der Waals surface area contributed by atoms with Gasteiger partial charge in [-0.1, -0.05) is 31.4 Å². The summed E-state index contributed by atoms with van der Waals surface area (Å²) < 4.78 is 16.5. The van der Waals surface area contributed by atoms with Gasteiger partial charge in [0.05, 0.1) is 21.1 Å². The Bertz CT molecular complexity index is 1100. The number of nitrogens with zero attached hydrogens (tertiary/aromatic N) is 2. The number of hydrogen-bond acceptors (Lipinski definition) is 5. The number of fused-ring (bicyclic) bond motifs is 2. The molecule has 5 rings (SSSR count). The first-order valence-electron chi connectivity index (χ1n) is 9.32. The SMILES string of the molecule is O=C1c2cc(NC3CCCCC3)cc([N+](=O)[O-])c2C2=NS(=O)c3cccc1c32. The number of carbonyl (C=O) groups is 1. The minimum absolute atomic E-state index is 0.176. The number of ketones is 1. The lowest BCUT2D eigenvalue weighted by atomic mass is 9.82. The van der Waals surface area contributed by atoms with Crippen LogP contribution in [0.3, 0.4) is 0 Å². The predicted molar refractivity (Wildman–Crippen MR) is 106 cm³/mol. The van der Waals surface area contributed by atoms with E-state index in [0.717, 1.165) is 25.7 Å². The zero-order chi connectivity index (χ0) is 19.4. The molecule has 0 amide bonds. The standard InChI is InChI=1S/C20H17N3O4S/c24-20-13-7-4-8-16-18(13)19(22-28(16)27)17-14(20)9-12(10-15(17)23(25)26)21-11-5-2-1-3-6-11/h4,7-11,21H,1-3,5-6H2. The summed E-state index contributed by atoms with van der Waals surface area (Å²) in [5.41, 5.74) is 1.97. The Labute approximate surface area is 163 Å². The lowest BCUT2D eigenvalue weighted by Crippen LogP contribution is -2.25. The summed E-state index contributed by atoms with van der Waals surface area (Å²) in [7, 11) is -1.66. The van der Waals surface area contributed by atoms with E-state index in [1.165, 1.54) is 12.5 Å². The van der Waals surface area contributed by atoms with E-state index in [0.29, 0.717) is 21.7 Å². The van der Waals surface area contributed by atoms with Crippen molar-refractivity contribution in [2.45, 2.75) is 43.0 Å². The normalized spacial score (nSPS) is 20.4. The van der Waals surface area contributed by atoms with Gasteiger partial charge in [-0.2, -0.15) is 4.40 Å². The maximum atomic E-state index is 13.2. The molecule has 1 saturated carbocycles. The fourth-order valence-corrected chi connectivity index (χ4v) is 5.39. The molecule has 1 N–H and O–H groups in total. The monoisotopic (exact) mass is 395 g/mol. The molecule has 0 saturated heterocycles. The van der Waals surface area contributed by atoms with Gasteiger partial charge in [-0.15, -0.1) is 0 Å². The number of anilines is 1. The van der Waals surface area contributed by atoms with Gasteiger partial charge in [-0.3, -0.25) is 14.9 Å². The number of benzene rings is 2. The molecule has 2 aliphatic carbocycles. The van der Waals surface area contributed by atoms with Crippen molar-refractivity contribution in [2.75, 3.05) is 5.32 Å². The van der Waals surface area contributed by atoms with Gasteiger partial charge in [-0.25, -0.2) is 4.21 Å². The average Bonchev–Trinajstić information content (AvgIpc) is 3.03. The van der Waals surface area contributed by atoms with E-state index in [2.05, 4.69) is 9.71 Å². The Morgan fingerprint density at radius 2 is 1.89 bits per heavy atom. The van der Waals surface area contributed by atoms with Gasteiger partial charge in [-0.05, 0) is 25.0 Å². The van der Waals surface area contributed by atoms with E-state index in [1.807, 2.05) is 0 Å². The predicted octanol–water partition coefficient (Wildman–Crippen LogP) is 3.76. The maximum Gasteiger partial charge on any atom is 0.281 e. The third-order valence-corrected chi connectivity index (χ3v) is 6.71. The topological polar surface area (TPSA) is 102 Å². The highest BCUT2D eigenvalue weighted by Crippen LogP contribution is 2.41. The van der Waals surface area contributed by atoms with Gasteiger partial charge >= 0.3 is 0 Å². The highest BCUT2D eigenvalue weighted by atomic mass is 32.2. The van der Waals surface area contributed by atoms with E-state index in [-0.39, 0.29) is 34.4 Å². The molecule has 0 spiro atoms. The van der Waals surface area contributed by atoms with Crippen LogP contribution in [0.2, 0.25) is 0 Å². The van der Waals surface area contributed by atoms with Crippen molar-refractivity contribution in [1.29, 1.82) is 0 Å². The summed E-state index contributed by atoms with van der Waals surface area (Å²) in [6.45, 7) is 0. The van der Waals surface area contributed by atoms with Gasteiger partial charge < -0.3 is 5.32 Å². The number of nitro benzene ring substituents is 1. The fourth-order valence-electron chi connectivity index (χ4n) is 4.37. The average molecular weight is 395 g/mol. The first kappa shape index (κ1) is 17.2. The smallest absolute Gasteiger partial charge is 0.281 e. The Hall–Kier alpha value is -2.87. The highest BCUT2D eigenvalue weighted by molar-refractivity contribution is 7.84. The third-order valence-electron chi connectivity index (χ3n) is 5.64. The maximum absolute atomic E-state index is 13.2. The van der Waals surface area contributed by atoms with Crippen LogP contribution < -0.4 is 5.32 Å². The van der Waals surface area contributed by atoms with Crippen LogP contribution in [0.5, 0.6) is 0 Å². The van der Waals surface area contributed by atoms with Crippen LogP contribution >= 0.6 is 0 Å². The molecule has 8 heteroatoms. The van der Waals surface area contributed by atoms with Crippen LogP contribution in [0.4, 0.5) is 11.4 Å². The largest absolute Gasteiger partial charge is 0.382 e. The van der Waals surface area contributed by atoms with Gasteiger partial charge in [0.25, 0.3) is 5.69 Å². The molecule has 1 fully saturated rings. The van der Waals surface area contributed by atoms with E-state index in [9.17, 15) is 19.1 Å². The first-order chi connectivity index (χ1) is 13.5. The summed E-state index contributed by atoms with van der Waals surface area (Å²) in [5, 5.41) is 15.2. The van der Waals surface area contributed by atoms with Crippen LogP contribution in [0.1, 0.15) is 59.2 Å². The first-order valence-corrected chi connectivity index (χ1v) is 10.4. The molecule has 2 aromatic carbocycles. The number of nitrogens with one attached hydrogen (secondary N) is 1. The van der Waals surface area contributed by atoms with Gasteiger partial charge in [0.15, 0.2) is 16.8 Å². The van der Waals surface area contributed by atoms with Crippen molar-refractivity contribution in [3.05, 3.63) is 62.7 Å². The van der Waals surface area contributed by atoms with Crippen LogP contribution in [-0.2, 0) is 11.0 Å². The second-order valence-corrected chi connectivity index (χ2v) is 8.47. The molecule has 1 heterocycles. The van der Waals surface area contributed by atoms with Crippen molar-refractivity contribution in [1.82, 2.24) is 0 Å². The number of hydrogen-bond donors (Lipinski definition) is 1. The van der Waals surface area contributed by atoms with E-state index in [1.54, 1.807) is 24.3 Å². The van der Waals surface area contributed by atoms with Crippen LogP contribution in [0.25, 0.3) is 0 Å². The van der Waals surface area contributed by atoms with Crippen molar-refractivity contribution in [3.63, 3.8) is 0 Å². The molecular weight excluding hydrogens is 378 g/mol. The molecule has 142 valence electrons. The fraction of sp³-hybridized carbons (Fsp3) is 0.300. The van der Waals surface area contributed by atoms with E-state index < -0.39 is 15.9 Å². The molecule has 1 atom stereocenters. The minimum atomic E-state index is -1.66. The molecule has 2 aromatic rings. The van der Waals surface area contributed by atoms with Gasteiger partial charge in [0.1, 0.15) is 0 Å². The summed E-state index contributed by atoms with van der Waals surface area (Å²) in [5.74, 6) is -0.292.